The van der Waals surface area contributed by atoms with E-state index in [0.29, 0.717) is 11.3 Å². The van der Waals surface area contributed by atoms with Crippen molar-refractivity contribution in [1.82, 2.24) is 0 Å². The van der Waals surface area contributed by atoms with E-state index in [1.54, 1.807) is 24.3 Å². The summed E-state index contributed by atoms with van der Waals surface area (Å²) in [5.74, 6) is 0.0931. The van der Waals surface area contributed by atoms with Crippen molar-refractivity contribution in [2.24, 2.45) is 0 Å². The van der Waals surface area contributed by atoms with Crippen molar-refractivity contribution in [2.75, 3.05) is 17.2 Å². The SMILES string of the molecule is Cc1ccc(NC(=O)COc2ccc(C(=O)Nc3cccc(C)c3C)cc2)c(C)c1. The first-order chi connectivity index (χ1) is 14.3. The summed E-state index contributed by atoms with van der Waals surface area (Å²) in [5, 5.41) is 5.78. The van der Waals surface area contributed by atoms with Gasteiger partial charge >= 0.3 is 0 Å². The molecule has 0 aliphatic rings. The lowest BCUT2D eigenvalue weighted by molar-refractivity contribution is -0.118. The van der Waals surface area contributed by atoms with Crippen LogP contribution >= 0.6 is 0 Å². The van der Waals surface area contributed by atoms with Crippen LogP contribution in [0.3, 0.4) is 0 Å². The molecule has 0 bridgehead atoms. The lowest BCUT2D eigenvalue weighted by atomic mass is 10.1. The molecule has 0 aliphatic heterocycles. The molecule has 5 heteroatoms. The molecule has 0 atom stereocenters. The average Bonchev–Trinajstić information content (AvgIpc) is 2.72. The maximum atomic E-state index is 12.5. The van der Waals surface area contributed by atoms with Gasteiger partial charge in [-0.1, -0.05) is 29.8 Å². The van der Waals surface area contributed by atoms with Crippen LogP contribution in [0.1, 0.15) is 32.6 Å². The van der Waals surface area contributed by atoms with E-state index in [1.807, 2.05) is 64.1 Å². The molecular formula is C25H26N2O3. The van der Waals surface area contributed by atoms with E-state index < -0.39 is 0 Å². The molecule has 0 aromatic heterocycles. The summed E-state index contributed by atoms with van der Waals surface area (Å²) in [6.45, 7) is 7.83. The zero-order chi connectivity index (χ0) is 21.7. The Balaban J connectivity index is 1.55. The first-order valence-corrected chi connectivity index (χ1v) is 9.81. The molecule has 0 fully saturated rings. The lowest BCUT2D eigenvalue weighted by Gasteiger charge is -2.12. The molecule has 0 heterocycles. The number of anilines is 2. The second-order valence-electron chi connectivity index (χ2n) is 7.38. The van der Waals surface area contributed by atoms with Crippen molar-refractivity contribution < 1.29 is 14.3 Å². The predicted octanol–water partition coefficient (Wildman–Crippen LogP) is 5.19. The van der Waals surface area contributed by atoms with Crippen LogP contribution in [0.4, 0.5) is 11.4 Å². The summed E-state index contributed by atoms with van der Waals surface area (Å²) < 4.78 is 5.55. The summed E-state index contributed by atoms with van der Waals surface area (Å²) in [4.78, 5) is 24.7. The molecule has 0 aliphatic carbocycles. The molecule has 5 nitrogen and oxygen atoms in total. The topological polar surface area (TPSA) is 67.4 Å². The fourth-order valence-corrected chi connectivity index (χ4v) is 3.07. The van der Waals surface area contributed by atoms with Gasteiger partial charge in [-0.2, -0.15) is 0 Å². The molecule has 3 rings (SSSR count). The molecule has 0 saturated carbocycles. The van der Waals surface area contributed by atoms with Gasteiger partial charge in [0.2, 0.25) is 0 Å². The standard InChI is InChI=1S/C25H26N2O3/c1-16-8-13-22(18(3)14-16)26-24(28)15-30-21-11-9-20(10-12-21)25(29)27-23-7-5-6-17(2)19(23)4/h5-14H,15H2,1-4H3,(H,26,28)(H,27,29). The van der Waals surface area contributed by atoms with Gasteiger partial charge in [-0.25, -0.2) is 0 Å². The highest BCUT2D eigenvalue weighted by Crippen LogP contribution is 2.20. The number of carbonyl (C=O) groups excluding carboxylic acids is 2. The van der Waals surface area contributed by atoms with Gasteiger partial charge in [0.15, 0.2) is 6.61 Å². The van der Waals surface area contributed by atoms with Crippen molar-refractivity contribution in [1.29, 1.82) is 0 Å². The predicted molar refractivity (Wildman–Crippen MR) is 120 cm³/mol. The normalized spacial score (nSPS) is 10.4. The Kier molecular flexibility index (Phi) is 6.52. The second-order valence-corrected chi connectivity index (χ2v) is 7.38. The van der Waals surface area contributed by atoms with Gasteiger partial charge in [0.25, 0.3) is 11.8 Å². The number of ether oxygens (including phenoxy) is 1. The molecule has 0 saturated heterocycles. The average molecular weight is 402 g/mol. The molecule has 2 amide bonds. The molecule has 0 unspecified atom stereocenters. The Labute approximate surface area is 177 Å². The number of hydrogen-bond acceptors (Lipinski definition) is 3. The van der Waals surface area contributed by atoms with Crippen LogP contribution in [-0.2, 0) is 4.79 Å². The van der Waals surface area contributed by atoms with Crippen LogP contribution < -0.4 is 15.4 Å². The van der Waals surface area contributed by atoms with Gasteiger partial charge in [0, 0.05) is 16.9 Å². The maximum absolute atomic E-state index is 12.5. The molecule has 154 valence electrons. The Bertz CT molecular complexity index is 1070. The van der Waals surface area contributed by atoms with Gasteiger partial charge in [-0.15, -0.1) is 0 Å². The van der Waals surface area contributed by atoms with Gasteiger partial charge in [-0.05, 0) is 80.8 Å². The van der Waals surface area contributed by atoms with Crippen molar-refractivity contribution in [3.8, 4) is 5.75 Å². The number of amides is 2. The first kappa shape index (κ1) is 21.1. The number of aryl methyl sites for hydroxylation is 3. The Morgan fingerprint density at radius 1 is 0.800 bits per heavy atom. The van der Waals surface area contributed by atoms with E-state index in [-0.39, 0.29) is 18.4 Å². The number of rotatable bonds is 6. The monoisotopic (exact) mass is 402 g/mol. The summed E-state index contributed by atoms with van der Waals surface area (Å²) >= 11 is 0. The Hall–Kier alpha value is -3.60. The second kappa shape index (κ2) is 9.27. The van der Waals surface area contributed by atoms with Crippen LogP contribution in [0.15, 0.2) is 60.7 Å². The molecule has 3 aromatic carbocycles. The molecular weight excluding hydrogens is 376 g/mol. The summed E-state index contributed by atoms with van der Waals surface area (Å²) in [5.41, 5.74) is 6.39. The largest absolute Gasteiger partial charge is 0.484 e. The number of nitrogens with one attached hydrogen (secondary N) is 2. The van der Waals surface area contributed by atoms with Crippen LogP contribution in [0.2, 0.25) is 0 Å². The maximum Gasteiger partial charge on any atom is 0.262 e. The first-order valence-electron chi connectivity index (χ1n) is 9.81. The summed E-state index contributed by atoms with van der Waals surface area (Å²) in [7, 11) is 0. The summed E-state index contributed by atoms with van der Waals surface area (Å²) in [6.07, 6.45) is 0. The highest BCUT2D eigenvalue weighted by Gasteiger charge is 2.10. The Morgan fingerprint density at radius 3 is 2.23 bits per heavy atom. The highest BCUT2D eigenvalue weighted by molar-refractivity contribution is 6.04. The summed E-state index contributed by atoms with van der Waals surface area (Å²) in [6, 6.07) is 18.4. The number of hydrogen-bond donors (Lipinski definition) is 2. The smallest absolute Gasteiger partial charge is 0.262 e. The van der Waals surface area contributed by atoms with E-state index in [4.69, 9.17) is 4.74 Å². The zero-order valence-electron chi connectivity index (χ0n) is 17.7. The number of benzene rings is 3. The minimum absolute atomic E-state index is 0.110. The fourth-order valence-electron chi connectivity index (χ4n) is 3.07. The van der Waals surface area contributed by atoms with E-state index in [0.717, 1.165) is 33.6 Å². The Morgan fingerprint density at radius 2 is 1.53 bits per heavy atom. The zero-order valence-corrected chi connectivity index (χ0v) is 17.7. The number of carbonyl (C=O) groups is 2. The molecule has 0 radical (unpaired) electrons. The van der Waals surface area contributed by atoms with Crippen molar-refractivity contribution in [3.05, 3.63) is 88.5 Å². The third kappa shape index (κ3) is 5.26. The quantitative estimate of drug-likeness (QED) is 0.596. The van der Waals surface area contributed by atoms with Crippen molar-refractivity contribution >= 4 is 23.2 Å². The van der Waals surface area contributed by atoms with E-state index in [2.05, 4.69) is 10.6 Å². The van der Waals surface area contributed by atoms with Crippen LogP contribution in [0.25, 0.3) is 0 Å². The third-order valence-corrected chi connectivity index (χ3v) is 5.00. The molecule has 2 N–H and O–H groups in total. The van der Waals surface area contributed by atoms with Gasteiger partial charge in [-0.3, -0.25) is 9.59 Å². The van der Waals surface area contributed by atoms with Crippen molar-refractivity contribution in [2.45, 2.75) is 27.7 Å². The van der Waals surface area contributed by atoms with Crippen molar-refractivity contribution in [3.63, 3.8) is 0 Å². The van der Waals surface area contributed by atoms with E-state index >= 15 is 0 Å². The van der Waals surface area contributed by atoms with Gasteiger partial charge in [0.05, 0.1) is 0 Å². The van der Waals surface area contributed by atoms with Crippen LogP contribution in [-0.4, -0.2) is 18.4 Å². The van der Waals surface area contributed by atoms with Crippen LogP contribution in [0, 0.1) is 27.7 Å². The van der Waals surface area contributed by atoms with Gasteiger partial charge < -0.3 is 15.4 Å². The molecule has 30 heavy (non-hydrogen) atoms. The molecule has 0 spiro atoms. The van der Waals surface area contributed by atoms with Crippen LogP contribution in [0.5, 0.6) is 5.75 Å². The lowest BCUT2D eigenvalue weighted by Crippen LogP contribution is -2.20. The highest BCUT2D eigenvalue weighted by atomic mass is 16.5. The third-order valence-electron chi connectivity index (χ3n) is 5.00. The minimum atomic E-state index is -0.237. The minimum Gasteiger partial charge on any atom is -0.484 e. The fraction of sp³-hybridized carbons (Fsp3) is 0.200. The van der Waals surface area contributed by atoms with Gasteiger partial charge in [0.1, 0.15) is 5.75 Å². The van der Waals surface area contributed by atoms with E-state index in [9.17, 15) is 9.59 Å². The molecule has 3 aromatic rings. The van der Waals surface area contributed by atoms with E-state index in [1.165, 1.54) is 0 Å².